The van der Waals surface area contributed by atoms with Gasteiger partial charge in [-0.2, -0.15) is 26.3 Å². The number of amides is 2. The van der Waals surface area contributed by atoms with Crippen LogP contribution in [-0.2, 0) is 12.4 Å². The van der Waals surface area contributed by atoms with Gasteiger partial charge in [0.15, 0.2) is 0 Å². The molecular weight excluding hydrogens is 515 g/mol. The number of hydrogen-bond donors (Lipinski definition) is 0. The first-order valence-electron chi connectivity index (χ1n) is 12.2. The molecule has 2 aromatic rings. The molecule has 0 spiro atoms. The molecule has 1 aliphatic rings. The number of benzene rings is 2. The quantitative estimate of drug-likeness (QED) is 0.368. The summed E-state index contributed by atoms with van der Waals surface area (Å²) in [6.07, 6.45) is -8.51. The topological polar surface area (TPSA) is 26.8 Å². The molecule has 2 amide bonds. The Morgan fingerprint density at radius 1 is 1.00 bits per heavy atom. The van der Waals surface area contributed by atoms with Crippen LogP contribution in [0.1, 0.15) is 59.7 Å². The van der Waals surface area contributed by atoms with Crippen molar-refractivity contribution >= 4 is 6.03 Å². The van der Waals surface area contributed by atoms with E-state index in [2.05, 4.69) is 0 Å². The number of carbonyl (C=O) groups is 1. The van der Waals surface area contributed by atoms with E-state index in [1.165, 1.54) is 31.0 Å². The molecule has 3 rings (SSSR count). The van der Waals surface area contributed by atoms with Crippen LogP contribution in [0.2, 0.25) is 0 Å². The fourth-order valence-electron chi connectivity index (χ4n) is 5.15. The van der Waals surface area contributed by atoms with E-state index in [-0.39, 0.29) is 17.5 Å². The second-order valence-corrected chi connectivity index (χ2v) is 10.2. The van der Waals surface area contributed by atoms with Crippen molar-refractivity contribution in [2.75, 3.05) is 34.2 Å². The van der Waals surface area contributed by atoms with Crippen molar-refractivity contribution < 1.29 is 35.5 Å². The number of alkyl halides is 6. The van der Waals surface area contributed by atoms with Crippen molar-refractivity contribution in [2.24, 2.45) is 5.92 Å². The summed E-state index contributed by atoms with van der Waals surface area (Å²) < 4.78 is 94.4. The average molecular weight is 548 g/mol. The summed E-state index contributed by atoms with van der Waals surface area (Å²) in [5, 5.41) is 0. The summed E-state index contributed by atoms with van der Waals surface area (Å²) in [5.74, 6) is -0.430. The Labute approximate surface area is 218 Å². The summed E-state index contributed by atoms with van der Waals surface area (Å²) >= 11 is 0. The minimum atomic E-state index is -4.99. The summed E-state index contributed by atoms with van der Waals surface area (Å²) in [4.78, 5) is 18.5. The third-order valence-electron chi connectivity index (χ3n) is 7.13. The zero-order valence-electron chi connectivity index (χ0n) is 21.9. The molecule has 0 aliphatic carbocycles. The average Bonchev–Trinajstić information content (AvgIpc) is 2.81. The number of rotatable bonds is 5. The molecule has 11 heteroatoms. The van der Waals surface area contributed by atoms with Gasteiger partial charge in [-0.05, 0) is 93.7 Å². The molecule has 1 saturated heterocycles. The lowest BCUT2D eigenvalue weighted by atomic mass is 9.82. The Balaban J connectivity index is 2.01. The van der Waals surface area contributed by atoms with Gasteiger partial charge in [0.1, 0.15) is 5.82 Å². The Kier molecular flexibility index (Phi) is 8.70. The predicted octanol–water partition coefficient (Wildman–Crippen LogP) is 7.30. The number of urea groups is 1. The van der Waals surface area contributed by atoms with Crippen LogP contribution < -0.4 is 0 Å². The number of piperidine rings is 1. The zero-order chi connectivity index (χ0) is 28.6. The van der Waals surface area contributed by atoms with Crippen molar-refractivity contribution in [1.82, 2.24) is 14.7 Å². The van der Waals surface area contributed by atoms with Gasteiger partial charge in [-0.15, -0.1) is 0 Å². The van der Waals surface area contributed by atoms with Crippen LogP contribution in [0.25, 0.3) is 0 Å². The SMILES string of the molecule is Cc1cc(F)ccc1[C@H]1[C@H](CN(C)C)CCCN1C(=O)N(C)[C@H](C)c1cc(C(F)(F)F)cc(C(F)(F)F)c1. The van der Waals surface area contributed by atoms with Gasteiger partial charge >= 0.3 is 18.4 Å². The Hall–Kier alpha value is -2.82. The van der Waals surface area contributed by atoms with Crippen LogP contribution in [0.5, 0.6) is 0 Å². The Morgan fingerprint density at radius 3 is 2.08 bits per heavy atom. The minimum absolute atomic E-state index is 0.0130. The standard InChI is InChI=1S/C27H32F7N3O/c1-16-11-22(28)8-9-23(16)24-18(15-35(3)4)7-6-10-37(24)25(38)36(5)17(2)19-12-20(26(29,30)31)14-21(13-19)27(32,33)34/h8-9,11-14,17-18,24H,6-7,10,15H2,1-5H3/t17-,18+,24-/m1/s1. The first kappa shape index (κ1) is 29.7. The van der Waals surface area contributed by atoms with E-state index < -0.39 is 47.4 Å². The van der Waals surface area contributed by atoms with Gasteiger partial charge < -0.3 is 14.7 Å². The van der Waals surface area contributed by atoms with Gasteiger partial charge in [0.05, 0.1) is 23.2 Å². The fraction of sp³-hybridized carbons (Fsp3) is 0.519. The van der Waals surface area contributed by atoms with E-state index in [1.54, 1.807) is 17.9 Å². The first-order chi connectivity index (χ1) is 17.5. The lowest BCUT2D eigenvalue weighted by molar-refractivity contribution is -0.143. The molecule has 1 heterocycles. The maximum absolute atomic E-state index is 13.9. The van der Waals surface area contributed by atoms with Gasteiger partial charge in [-0.1, -0.05) is 6.07 Å². The van der Waals surface area contributed by atoms with Crippen LogP contribution in [0.4, 0.5) is 35.5 Å². The van der Waals surface area contributed by atoms with E-state index in [0.29, 0.717) is 37.2 Å². The summed E-state index contributed by atoms with van der Waals surface area (Å²) in [7, 11) is 5.16. The monoisotopic (exact) mass is 547 g/mol. The van der Waals surface area contributed by atoms with Crippen molar-refractivity contribution in [3.8, 4) is 0 Å². The molecule has 0 radical (unpaired) electrons. The molecule has 38 heavy (non-hydrogen) atoms. The molecule has 0 aromatic heterocycles. The number of halogens is 7. The van der Waals surface area contributed by atoms with Gasteiger partial charge in [-0.3, -0.25) is 0 Å². The summed E-state index contributed by atoms with van der Waals surface area (Å²) in [5.41, 5.74) is -1.73. The van der Waals surface area contributed by atoms with Gasteiger partial charge in [-0.25, -0.2) is 9.18 Å². The van der Waals surface area contributed by atoms with Crippen molar-refractivity contribution in [1.29, 1.82) is 0 Å². The van der Waals surface area contributed by atoms with Crippen LogP contribution in [0.15, 0.2) is 36.4 Å². The second-order valence-electron chi connectivity index (χ2n) is 10.2. The van der Waals surface area contributed by atoms with Crippen molar-refractivity contribution in [2.45, 2.75) is 51.1 Å². The molecular formula is C27H32F7N3O. The first-order valence-corrected chi connectivity index (χ1v) is 12.2. The molecule has 0 N–H and O–H groups in total. The predicted molar refractivity (Wildman–Crippen MR) is 130 cm³/mol. The van der Waals surface area contributed by atoms with E-state index in [0.717, 1.165) is 12.0 Å². The maximum atomic E-state index is 13.9. The maximum Gasteiger partial charge on any atom is 0.416 e. The molecule has 4 nitrogen and oxygen atoms in total. The number of carbonyl (C=O) groups excluding carboxylic acids is 1. The Morgan fingerprint density at radius 2 is 1.58 bits per heavy atom. The van der Waals surface area contributed by atoms with Crippen molar-refractivity contribution in [3.63, 3.8) is 0 Å². The number of likely N-dealkylation sites (tertiary alicyclic amines) is 1. The molecule has 2 aromatic carbocycles. The zero-order valence-corrected chi connectivity index (χ0v) is 21.9. The van der Waals surface area contributed by atoms with Gasteiger partial charge in [0.25, 0.3) is 0 Å². The highest BCUT2D eigenvalue weighted by Gasteiger charge is 2.40. The van der Waals surface area contributed by atoms with Crippen LogP contribution in [0, 0.1) is 18.7 Å². The van der Waals surface area contributed by atoms with Crippen LogP contribution in [-0.4, -0.2) is 55.0 Å². The fourth-order valence-corrected chi connectivity index (χ4v) is 5.15. The second kappa shape index (κ2) is 11.1. The molecule has 1 aliphatic heterocycles. The molecule has 3 atom stereocenters. The third-order valence-corrected chi connectivity index (χ3v) is 7.13. The Bertz CT molecular complexity index is 1110. The number of nitrogens with zero attached hydrogens (tertiary/aromatic N) is 3. The highest BCUT2D eigenvalue weighted by molar-refractivity contribution is 5.75. The van der Waals surface area contributed by atoms with Gasteiger partial charge in [0, 0.05) is 20.1 Å². The van der Waals surface area contributed by atoms with E-state index in [4.69, 9.17) is 0 Å². The summed E-state index contributed by atoms with van der Waals surface area (Å²) in [6.45, 7) is 4.12. The largest absolute Gasteiger partial charge is 0.416 e. The lowest BCUT2D eigenvalue weighted by Crippen LogP contribution is -2.50. The highest BCUT2D eigenvalue weighted by Crippen LogP contribution is 2.41. The highest BCUT2D eigenvalue weighted by atomic mass is 19.4. The molecule has 0 unspecified atom stereocenters. The summed E-state index contributed by atoms with van der Waals surface area (Å²) in [6, 6.07) is 3.65. The van der Waals surface area contributed by atoms with Gasteiger partial charge in [0.2, 0.25) is 0 Å². The van der Waals surface area contributed by atoms with Crippen molar-refractivity contribution in [3.05, 3.63) is 70.0 Å². The van der Waals surface area contributed by atoms with E-state index >= 15 is 0 Å². The minimum Gasteiger partial charge on any atom is -0.321 e. The number of aryl methyl sites for hydroxylation is 1. The molecule has 0 saturated carbocycles. The van der Waals surface area contributed by atoms with E-state index in [1.807, 2.05) is 19.0 Å². The normalized spacial score (nSPS) is 19.6. The lowest BCUT2D eigenvalue weighted by Gasteiger charge is -2.45. The third kappa shape index (κ3) is 6.59. The van der Waals surface area contributed by atoms with E-state index in [9.17, 15) is 35.5 Å². The molecule has 0 bridgehead atoms. The molecule has 1 fully saturated rings. The number of hydrogen-bond acceptors (Lipinski definition) is 2. The van der Waals surface area contributed by atoms with Crippen LogP contribution >= 0.6 is 0 Å². The molecule has 210 valence electrons. The van der Waals surface area contributed by atoms with Crippen LogP contribution in [0.3, 0.4) is 0 Å². The smallest absolute Gasteiger partial charge is 0.321 e.